The van der Waals surface area contributed by atoms with Crippen molar-refractivity contribution in [2.45, 2.75) is 6.42 Å². The third-order valence-corrected chi connectivity index (χ3v) is 4.44. The molecule has 0 aliphatic carbocycles. The Morgan fingerprint density at radius 3 is 2.69 bits per heavy atom. The van der Waals surface area contributed by atoms with Crippen LogP contribution in [0.2, 0.25) is 0 Å². The minimum atomic E-state index is -0.361. The van der Waals surface area contributed by atoms with E-state index in [-0.39, 0.29) is 18.1 Å². The van der Waals surface area contributed by atoms with Gasteiger partial charge >= 0.3 is 0 Å². The van der Waals surface area contributed by atoms with Crippen LogP contribution in [0.25, 0.3) is 11.3 Å². The van der Waals surface area contributed by atoms with E-state index < -0.39 is 0 Å². The van der Waals surface area contributed by atoms with Gasteiger partial charge in [0.1, 0.15) is 5.82 Å². The first-order chi connectivity index (χ1) is 12.6. The van der Waals surface area contributed by atoms with Crippen molar-refractivity contribution in [3.05, 3.63) is 59.2 Å². The van der Waals surface area contributed by atoms with E-state index in [9.17, 15) is 9.18 Å². The summed E-state index contributed by atoms with van der Waals surface area (Å²) in [6, 6.07) is 11.5. The van der Waals surface area contributed by atoms with Gasteiger partial charge in [-0.05, 0) is 35.9 Å². The summed E-state index contributed by atoms with van der Waals surface area (Å²) < 4.78 is 23.7. The van der Waals surface area contributed by atoms with Gasteiger partial charge in [-0.25, -0.2) is 9.37 Å². The van der Waals surface area contributed by atoms with E-state index in [2.05, 4.69) is 10.3 Å². The van der Waals surface area contributed by atoms with Crippen LogP contribution >= 0.6 is 11.3 Å². The van der Waals surface area contributed by atoms with Crippen molar-refractivity contribution in [1.29, 1.82) is 0 Å². The van der Waals surface area contributed by atoms with Crippen molar-refractivity contribution in [1.82, 2.24) is 4.98 Å². The number of nitrogens with zero attached hydrogens (tertiary/aromatic N) is 1. The molecule has 0 spiro atoms. The fourth-order valence-corrected chi connectivity index (χ4v) is 3.19. The number of benzene rings is 2. The van der Waals surface area contributed by atoms with Crippen molar-refractivity contribution >= 4 is 22.4 Å². The first-order valence-corrected chi connectivity index (χ1v) is 8.69. The second-order valence-corrected chi connectivity index (χ2v) is 6.32. The maximum Gasteiger partial charge on any atom is 0.230 e. The molecule has 1 heterocycles. The molecule has 0 radical (unpaired) electrons. The van der Waals surface area contributed by atoms with Gasteiger partial charge in [-0.3, -0.25) is 4.79 Å². The summed E-state index contributed by atoms with van der Waals surface area (Å²) in [6.07, 6.45) is 0.0863. The van der Waals surface area contributed by atoms with Gasteiger partial charge in [-0.1, -0.05) is 12.1 Å². The van der Waals surface area contributed by atoms with E-state index in [4.69, 9.17) is 9.47 Å². The molecular weight excluding hydrogens is 355 g/mol. The number of carbonyl (C=O) groups excluding carboxylic acids is 1. The van der Waals surface area contributed by atoms with E-state index >= 15 is 0 Å². The predicted octanol–water partition coefficient (Wildman–Crippen LogP) is 4.15. The van der Waals surface area contributed by atoms with Gasteiger partial charge in [0.25, 0.3) is 0 Å². The number of ether oxygens (including phenoxy) is 2. The van der Waals surface area contributed by atoms with Crippen molar-refractivity contribution in [2.75, 3.05) is 19.5 Å². The Morgan fingerprint density at radius 2 is 1.96 bits per heavy atom. The van der Waals surface area contributed by atoms with Crippen LogP contribution in [0.15, 0.2) is 47.8 Å². The zero-order valence-corrected chi connectivity index (χ0v) is 15.1. The summed E-state index contributed by atoms with van der Waals surface area (Å²) in [7, 11) is 3.15. The first kappa shape index (κ1) is 17.9. The molecule has 1 N–H and O–H groups in total. The zero-order valence-electron chi connectivity index (χ0n) is 14.3. The predicted molar refractivity (Wildman–Crippen MR) is 99.4 cm³/mol. The number of hydrogen-bond acceptors (Lipinski definition) is 5. The Bertz CT molecular complexity index is 927. The Hall–Kier alpha value is -2.93. The van der Waals surface area contributed by atoms with Crippen LogP contribution in [-0.4, -0.2) is 25.1 Å². The number of carbonyl (C=O) groups is 1. The summed E-state index contributed by atoms with van der Waals surface area (Å²) in [5.41, 5.74) is 2.18. The van der Waals surface area contributed by atoms with Gasteiger partial charge in [0, 0.05) is 10.9 Å². The van der Waals surface area contributed by atoms with Crippen LogP contribution in [0.4, 0.5) is 9.52 Å². The molecule has 1 amide bonds. The lowest BCUT2D eigenvalue weighted by Crippen LogP contribution is -2.14. The number of anilines is 1. The average Bonchev–Trinajstić information content (AvgIpc) is 3.09. The van der Waals surface area contributed by atoms with Crippen molar-refractivity contribution in [2.24, 2.45) is 0 Å². The summed E-state index contributed by atoms with van der Waals surface area (Å²) in [5.74, 6) is 0.633. The quantitative estimate of drug-likeness (QED) is 0.706. The van der Waals surface area contributed by atoms with Crippen LogP contribution in [0.1, 0.15) is 5.56 Å². The van der Waals surface area contributed by atoms with Gasteiger partial charge in [0.2, 0.25) is 5.91 Å². The molecule has 0 aliphatic heterocycles. The smallest absolute Gasteiger partial charge is 0.230 e. The van der Waals surface area contributed by atoms with E-state index in [1.54, 1.807) is 32.4 Å². The molecule has 0 unspecified atom stereocenters. The van der Waals surface area contributed by atoms with Crippen molar-refractivity contribution in [3.63, 3.8) is 0 Å². The lowest BCUT2D eigenvalue weighted by Gasteiger charge is -2.08. The van der Waals surface area contributed by atoms with Crippen molar-refractivity contribution < 1.29 is 18.7 Å². The molecule has 134 valence electrons. The van der Waals surface area contributed by atoms with Gasteiger partial charge < -0.3 is 14.8 Å². The summed E-state index contributed by atoms with van der Waals surface area (Å²) in [5, 5.41) is 5.07. The van der Waals surface area contributed by atoms with E-state index in [1.807, 2.05) is 17.5 Å². The van der Waals surface area contributed by atoms with E-state index in [0.717, 1.165) is 11.3 Å². The second-order valence-electron chi connectivity index (χ2n) is 5.46. The van der Waals surface area contributed by atoms with Gasteiger partial charge in [0.05, 0.1) is 26.3 Å². The van der Waals surface area contributed by atoms with Crippen LogP contribution in [-0.2, 0) is 11.2 Å². The SMILES string of the molecule is COc1ccc(-c2csc(NC(=O)Cc3cccc(F)c3)n2)cc1OC. The first-order valence-electron chi connectivity index (χ1n) is 7.81. The third-order valence-electron chi connectivity index (χ3n) is 3.68. The van der Waals surface area contributed by atoms with Crippen LogP contribution in [0.3, 0.4) is 0 Å². The molecule has 0 aliphatic rings. The number of methoxy groups -OCH3 is 2. The summed E-state index contributed by atoms with van der Waals surface area (Å²) in [6.45, 7) is 0. The topological polar surface area (TPSA) is 60.5 Å². The number of amides is 1. The Kier molecular flexibility index (Phi) is 5.48. The number of aromatic nitrogens is 1. The maximum absolute atomic E-state index is 13.2. The average molecular weight is 372 g/mol. The molecule has 0 fully saturated rings. The van der Waals surface area contributed by atoms with Crippen molar-refractivity contribution in [3.8, 4) is 22.8 Å². The molecular formula is C19H17FN2O3S. The maximum atomic E-state index is 13.2. The molecule has 3 rings (SSSR count). The monoisotopic (exact) mass is 372 g/mol. The highest BCUT2D eigenvalue weighted by Gasteiger charge is 2.11. The Morgan fingerprint density at radius 1 is 1.15 bits per heavy atom. The highest BCUT2D eigenvalue weighted by Crippen LogP contribution is 2.33. The lowest BCUT2D eigenvalue weighted by atomic mass is 10.1. The van der Waals surface area contributed by atoms with Crippen LogP contribution in [0, 0.1) is 5.82 Å². The third kappa shape index (κ3) is 4.18. The molecule has 26 heavy (non-hydrogen) atoms. The van der Waals surface area contributed by atoms with Crippen LogP contribution < -0.4 is 14.8 Å². The molecule has 0 saturated carbocycles. The standard InChI is InChI=1S/C19H17FN2O3S/c1-24-16-7-6-13(10-17(16)25-2)15-11-26-19(21-15)22-18(23)9-12-4-3-5-14(20)8-12/h3-8,10-11H,9H2,1-2H3,(H,21,22,23). The highest BCUT2D eigenvalue weighted by molar-refractivity contribution is 7.14. The molecule has 2 aromatic carbocycles. The Labute approximate surface area is 154 Å². The number of halogens is 1. The zero-order chi connectivity index (χ0) is 18.5. The number of rotatable bonds is 6. The minimum Gasteiger partial charge on any atom is -0.493 e. The van der Waals surface area contributed by atoms with E-state index in [1.165, 1.54) is 23.5 Å². The second kappa shape index (κ2) is 7.97. The lowest BCUT2D eigenvalue weighted by molar-refractivity contribution is -0.115. The largest absolute Gasteiger partial charge is 0.493 e. The van der Waals surface area contributed by atoms with Crippen LogP contribution in [0.5, 0.6) is 11.5 Å². The molecule has 0 atom stereocenters. The molecule has 5 nitrogen and oxygen atoms in total. The Balaban J connectivity index is 1.70. The molecule has 7 heteroatoms. The molecule has 0 bridgehead atoms. The molecule has 1 aromatic heterocycles. The molecule has 0 saturated heterocycles. The molecule has 3 aromatic rings. The number of thiazole rings is 1. The summed E-state index contributed by atoms with van der Waals surface area (Å²) >= 11 is 1.32. The van der Waals surface area contributed by atoms with Gasteiger partial charge in [-0.2, -0.15) is 0 Å². The fraction of sp³-hybridized carbons (Fsp3) is 0.158. The fourth-order valence-electron chi connectivity index (χ4n) is 2.46. The van der Waals surface area contributed by atoms with E-state index in [0.29, 0.717) is 22.2 Å². The normalized spacial score (nSPS) is 10.4. The summed E-state index contributed by atoms with van der Waals surface area (Å²) in [4.78, 5) is 16.5. The number of hydrogen-bond donors (Lipinski definition) is 1. The number of nitrogens with one attached hydrogen (secondary N) is 1. The van der Waals surface area contributed by atoms with Gasteiger partial charge in [-0.15, -0.1) is 11.3 Å². The highest BCUT2D eigenvalue weighted by atomic mass is 32.1. The van der Waals surface area contributed by atoms with Gasteiger partial charge in [0.15, 0.2) is 16.6 Å². The minimum absolute atomic E-state index is 0.0863.